The van der Waals surface area contributed by atoms with E-state index in [-0.39, 0.29) is 12.4 Å². The molecule has 0 radical (unpaired) electrons. The zero-order chi connectivity index (χ0) is 19.5. The Hall–Kier alpha value is -2.43. The molecule has 2 heterocycles. The summed E-state index contributed by atoms with van der Waals surface area (Å²) in [6.07, 6.45) is 2.41. The summed E-state index contributed by atoms with van der Waals surface area (Å²) in [6, 6.07) is 3.44. The summed E-state index contributed by atoms with van der Waals surface area (Å²) in [5.74, 6) is 4.94. The van der Waals surface area contributed by atoms with E-state index in [0.717, 1.165) is 0 Å². The van der Waals surface area contributed by atoms with Gasteiger partial charge in [-0.05, 0) is 58.5 Å². The number of nitrogens with zero attached hydrogens (tertiary/aromatic N) is 2. The molecule has 0 aliphatic rings. The first kappa shape index (κ1) is 19.9. The van der Waals surface area contributed by atoms with Gasteiger partial charge < -0.3 is 9.16 Å². The van der Waals surface area contributed by atoms with Crippen LogP contribution in [-0.2, 0) is 9.16 Å². The molecular formula is C19H24N2O4Si. The van der Waals surface area contributed by atoms with Crippen LogP contribution in [0.3, 0.4) is 0 Å². The number of rotatable bonds is 3. The molecule has 0 bridgehead atoms. The molecule has 0 atom stereocenters. The number of ketones is 1. The average Bonchev–Trinajstić information content (AvgIpc) is 2.88. The maximum Gasteiger partial charge on any atom is 0.420 e. The molecule has 0 saturated heterocycles. The van der Waals surface area contributed by atoms with Gasteiger partial charge in [0.05, 0.1) is 12.2 Å². The summed E-state index contributed by atoms with van der Waals surface area (Å²) in [5, 5.41) is 0.559. The third-order valence-corrected chi connectivity index (χ3v) is 4.19. The Morgan fingerprint density at radius 1 is 1.27 bits per heavy atom. The largest absolute Gasteiger partial charge is 0.443 e. The Morgan fingerprint density at radius 2 is 1.96 bits per heavy atom. The van der Waals surface area contributed by atoms with E-state index in [9.17, 15) is 9.59 Å². The van der Waals surface area contributed by atoms with Crippen molar-refractivity contribution in [2.24, 2.45) is 0 Å². The Morgan fingerprint density at radius 3 is 2.58 bits per heavy atom. The zero-order valence-electron chi connectivity index (χ0n) is 16.0. The quantitative estimate of drug-likeness (QED) is 0.354. The van der Waals surface area contributed by atoms with E-state index in [2.05, 4.69) is 36.5 Å². The molecule has 138 valence electrons. The second-order valence-electron chi connectivity index (χ2n) is 7.80. The number of pyridine rings is 1. The highest BCUT2D eigenvalue weighted by Gasteiger charge is 2.23. The molecule has 26 heavy (non-hydrogen) atoms. The van der Waals surface area contributed by atoms with Crippen LogP contribution in [0, 0.1) is 11.8 Å². The van der Waals surface area contributed by atoms with Crippen LogP contribution >= 0.6 is 0 Å². The molecule has 2 rings (SSSR count). The summed E-state index contributed by atoms with van der Waals surface area (Å²) < 4.78 is 12.2. The van der Waals surface area contributed by atoms with Gasteiger partial charge in [0.2, 0.25) is 5.78 Å². The third kappa shape index (κ3) is 5.28. The van der Waals surface area contributed by atoms with Crippen molar-refractivity contribution in [3.05, 3.63) is 30.1 Å². The van der Waals surface area contributed by atoms with Crippen molar-refractivity contribution >= 4 is 31.2 Å². The fourth-order valence-corrected chi connectivity index (χ4v) is 2.63. The lowest BCUT2D eigenvalue weighted by atomic mass is 10.1. The maximum atomic E-state index is 12.5. The second kappa shape index (κ2) is 7.44. The Kier molecular flexibility index (Phi) is 5.69. The van der Waals surface area contributed by atoms with E-state index in [1.807, 2.05) is 0 Å². The second-order valence-corrected chi connectivity index (χ2v) is 12.3. The van der Waals surface area contributed by atoms with Crippen LogP contribution in [0.2, 0.25) is 19.6 Å². The van der Waals surface area contributed by atoms with Crippen LogP contribution in [0.25, 0.3) is 11.0 Å². The molecule has 0 aliphatic carbocycles. The van der Waals surface area contributed by atoms with Crippen LogP contribution in [0.4, 0.5) is 4.79 Å². The van der Waals surface area contributed by atoms with Gasteiger partial charge in [0.1, 0.15) is 11.2 Å². The molecule has 0 aliphatic heterocycles. The molecule has 0 saturated carbocycles. The highest BCUT2D eigenvalue weighted by Crippen LogP contribution is 2.21. The molecule has 6 nitrogen and oxygen atoms in total. The molecule has 0 fully saturated rings. The fraction of sp³-hybridized carbons (Fsp3) is 0.421. The van der Waals surface area contributed by atoms with Crippen LogP contribution in [0.5, 0.6) is 0 Å². The molecule has 2 aromatic rings. The van der Waals surface area contributed by atoms with E-state index in [1.54, 1.807) is 39.1 Å². The molecule has 0 amide bonds. The van der Waals surface area contributed by atoms with Crippen LogP contribution < -0.4 is 0 Å². The number of aromatic nitrogens is 2. The molecule has 2 aromatic heterocycles. The Bertz CT molecular complexity index is 892. The third-order valence-electron chi connectivity index (χ3n) is 3.18. The highest BCUT2D eigenvalue weighted by atomic mass is 28.4. The van der Waals surface area contributed by atoms with Crippen LogP contribution in [-0.4, -0.2) is 42.0 Å². The Balaban J connectivity index is 2.33. The van der Waals surface area contributed by atoms with Gasteiger partial charge >= 0.3 is 6.09 Å². The average molecular weight is 372 g/mol. The summed E-state index contributed by atoms with van der Waals surface area (Å²) in [5.41, 5.74) is 0.0328. The summed E-state index contributed by atoms with van der Waals surface area (Å²) in [7, 11) is -1.68. The Labute approximate surface area is 154 Å². The van der Waals surface area contributed by atoms with Gasteiger partial charge in [-0.3, -0.25) is 4.79 Å². The number of hydrogen-bond donors (Lipinski definition) is 0. The number of fused-ring (bicyclic) bond motifs is 1. The lowest BCUT2D eigenvalue weighted by molar-refractivity contribution is 0.0543. The van der Waals surface area contributed by atoms with Gasteiger partial charge in [0.15, 0.2) is 8.32 Å². The van der Waals surface area contributed by atoms with Crippen molar-refractivity contribution in [2.45, 2.75) is 46.0 Å². The smallest absolute Gasteiger partial charge is 0.420 e. The van der Waals surface area contributed by atoms with Crippen LogP contribution in [0.1, 0.15) is 31.1 Å². The molecule has 0 aromatic carbocycles. The van der Waals surface area contributed by atoms with E-state index < -0.39 is 20.0 Å². The summed E-state index contributed by atoms with van der Waals surface area (Å²) in [6.45, 7) is 11.7. The van der Waals surface area contributed by atoms with Crippen molar-refractivity contribution in [3.63, 3.8) is 0 Å². The maximum absolute atomic E-state index is 12.5. The fourth-order valence-electron chi connectivity index (χ4n) is 2.13. The van der Waals surface area contributed by atoms with E-state index >= 15 is 0 Å². The predicted octanol–water partition coefficient (Wildman–Crippen LogP) is 3.86. The number of carbonyl (C=O) groups is 2. The first-order chi connectivity index (χ1) is 12.0. The van der Waals surface area contributed by atoms with Crippen molar-refractivity contribution in [1.82, 2.24) is 9.55 Å². The number of ether oxygens (including phenoxy) is 1. The van der Waals surface area contributed by atoms with Gasteiger partial charge in [-0.1, -0.05) is 5.92 Å². The minimum absolute atomic E-state index is 0.213. The van der Waals surface area contributed by atoms with Gasteiger partial charge in [-0.2, -0.15) is 0 Å². The molecule has 0 N–H and O–H groups in total. The number of Topliss-reactive ketones (excluding diaryl/α,β-unsaturated/α-hetero) is 1. The van der Waals surface area contributed by atoms with Crippen molar-refractivity contribution in [3.8, 4) is 11.8 Å². The van der Waals surface area contributed by atoms with E-state index in [1.165, 1.54) is 10.8 Å². The van der Waals surface area contributed by atoms with Gasteiger partial charge in [-0.25, -0.2) is 14.3 Å². The van der Waals surface area contributed by atoms with Crippen LogP contribution in [0.15, 0.2) is 24.5 Å². The highest BCUT2D eigenvalue weighted by molar-refractivity contribution is 6.69. The molecule has 0 unspecified atom stereocenters. The summed E-state index contributed by atoms with van der Waals surface area (Å²) in [4.78, 5) is 29.1. The van der Waals surface area contributed by atoms with Crippen molar-refractivity contribution in [1.29, 1.82) is 0 Å². The lowest BCUT2D eigenvalue weighted by Crippen LogP contribution is -2.26. The first-order valence-electron chi connectivity index (χ1n) is 8.34. The lowest BCUT2D eigenvalue weighted by Gasteiger charge is -2.19. The monoisotopic (exact) mass is 372 g/mol. The topological polar surface area (TPSA) is 70.4 Å². The summed E-state index contributed by atoms with van der Waals surface area (Å²) >= 11 is 0. The SMILES string of the molecule is CC(C)(C)OC(=O)n1cc(C(=O)C#CCO[Si](C)(C)C)c2cccnc21. The normalized spacial score (nSPS) is 11.8. The predicted molar refractivity (Wildman–Crippen MR) is 103 cm³/mol. The number of hydrogen-bond acceptors (Lipinski definition) is 5. The van der Waals surface area contributed by atoms with Crippen molar-refractivity contribution in [2.75, 3.05) is 6.61 Å². The zero-order valence-corrected chi connectivity index (χ0v) is 17.0. The van der Waals surface area contributed by atoms with Gasteiger partial charge in [0, 0.05) is 17.8 Å². The first-order valence-corrected chi connectivity index (χ1v) is 11.8. The van der Waals surface area contributed by atoms with E-state index in [0.29, 0.717) is 16.6 Å². The van der Waals surface area contributed by atoms with Crippen molar-refractivity contribution < 1.29 is 18.8 Å². The van der Waals surface area contributed by atoms with Gasteiger partial charge in [0.25, 0.3) is 0 Å². The minimum atomic E-state index is -1.68. The molecule has 7 heteroatoms. The molecule has 0 spiro atoms. The minimum Gasteiger partial charge on any atom is -0.443 e. The standard InChI is InChI=1S/C19H24N2O4Si/c1-19(2,3)25-18(23)21-13-15(14-9-7-11-20-17(14)21)16(22)10-8-12-24-26(4,5)6/h7,9,11,13H,12H2,1-6H3. The molecular weight excluding hydrogens is 348 g/mol. The van der Waals surface area contributed by atoms with Gasteiger partial charge in [-0.15, -0.1) is 0 Å². The van der Waals surface area contributed by atoms with E-state index in [4.69, 9.17) is 9.16 Å². The number of carbonyl (C=O) groups excluding carboxylic acids is 2.